The van der Waals surface area contributed by atoms with Crippen molar-refractivity contribution in [3.8, 4) is 11.1 Å². The van der Waals surface area contributed by atoms with E-state index in [4.69, 9.17) is 0 Å². The standard InChI is InChI=1S/C33H46/c1-7-13-15-27(11-5)23-33(24-28(12-6)16-14-8-2)31-21-25(9-3)17-19-29(31)30-20-18-26(10-4)22-32(30)33/h9-10,17-22,27-28H,3-4,7-8,11-16,23-24H2,1-2,5-6H3. The number of benzene rings is 2. The Balaban J connectivity index is 2.22. The van der Waals surface area contributed by atoms with Crippen LogP contribution in [0.3, 0.4) is 0 Å². The highest BCUT2D eigenvalue weighted by molar-refractivity contribution is 5.83. The van der Waals surface area contributed by atoms with Crippen LogP contribution in [0.15, 0.2) is 49.6 Å². The lowest BCUT2D eigenvalue weighted by Gasteiger charge is -2.39. The topological polar surface area (TPSA) is 0 Å². The molecular formula is C33H46. The summed E-state index contributed by atoms with van der Waals surface area (Å²) >= 11 is 0. The van der Waals surface area contributed by atoms with Gasteiger partial charge in [-0.2, -0.15) is 0 Å². The van der Waals surface area contributed by atoms with Crippen molar-refractivity contribution >= 4 is 12.2 Å². The molecule has 0 radical (unpaired) electrons. The van der Waals surface area contributed by atoms with Gasteiger partial charge in [-0.25, -0.2) is 0 Å². The van der Waals surface area contributed by atoms with Crippen LogP contribution in [0.2, 0.25) is 0 Å². The molecule has 3 rings (SSSR count). The maximum absolute atomic E-state index is 4.10. The summed E-state index contributed by atoms with van der Waals surface area (Å²) in [5, 5.41) is 0. The van der Waals surface area contributed by atoms with Crippen LogP contribution in [-0.2, 0) is 5.41 Å². The lowest BCUT2D eigenvalue weighted by molar-refractivity contribution is 0.266. The van der Waals surface area contributed by atoms with Gasteiger partial charge < -0.3 is 0 Å². The largest absolute Gasteiger partial charge is 0.0985 e. The summed E-state index contributed by atoms with van der Waals surface area (Å²) in [6.45, 7) is 17.7. The third-order valence-electron chi connectivity index (χ3n) is 8.24. The van der Waals surface area contributed by atoms with Gasteiger partial charge in [-0.1, -0.05) is 141 Å². The molecule has 2 aromatic carbocycles. The summed E-state index contributed by atoms with van der Waals surface area (Å²) in [7, 11) is 0. The van der Waals surface area contributed by atoms with E-state index in [1.165, 1.54) is 86.5 Å². The number of hydrogen-bond acceptors (Lipinski definition) is 0. The average molecular weight is 443 g/mol. The maximum Gasteiger partial charge on any atom is 0.0220 e. The highest BCUT2D eigenvalue weighted by Crippen LogP contribution is 2.56. The smallest absolute Gasteiger partial charge is 0.0220 e. The van der Waals surface area contributed by atoms with Gasteiger partial charge in [-0.05, 0) is 58.1 Å². The molecular weight excluding hydrogens is 396 g/mol. The van der Waals surface area contributed by atoms with Gasteiger partial charge >= 0.3 is 0 Å². The second-order valence-corrected chi connectivity index (χ2v) is 10.3. The van der Waals surface area contributed by atoms with Crippen molar-refractivity contribution in [3.63, 3.8) is 0 Å². The summed E-state index contributed by atoms with van der Waals surface area (Å²) in [4.78, 5) is 0. The number of unbranched alkanes of at least 4 members (excludes halogenated alkanes) is 2. The Morgan fingerprint density at radius 3 is 1.45 bits per heavy atom. The summed E-state index contributed by atoms with van der Waals surface area (Å²) in [5.74, 6) is 1.51. The zero-order valence-electron chi connectivity index (χ0n) is 21.8. The zero-order valence-corrected chi connectivity index (χ0v) is 21.8. The first-order chi connectivity index (χ1) is 16.1. The van der Waals surface area contributed by atoms with E-state index in [1.807, 2.05) is 12.2 Å². The molecule has 0 saturated carbocycles. The minimum atomic E-state index is 0.0888. The van der Waals surface area contributed by atoms with E-state index in [0.717, 1.165) is 11.8 Å². The van der Waals surface area contributed by atoms with Gasteiger partial charge in [-0.15, -0.1) is 0 Å². The van der Waals surface area contributed by atoms with Crippen LogP contribution in [-0.4, -0.2) is 0 Å². The van der Waals surface area contributed by atoms with Crippen LogP contribution >= 0.6 is 0 Å². The maximum atomic E-state index is 4.10. The van der Waals surface area contributed by atoms with Crippen molar-refractivity contribution in [3.05, 3.63) is 71.8 Å². The van der Waals surface area contributed by atoms with Gasteiger partial charge in [-0.3, -0.25) is 0 Å². The van der Waals surface area contributed by atoms with Gasteiger partial charge in [0, 0.05) is 5.41 Å². The van der Waals surface area contributed by atoms with Gasteiger partial charge in [0.2, 0.25) is 0 Å². The Morgan fingerprint density at radius 2 is 1.12 bits per heavy atom. The monoisotopic (exact) mass is 442 g/mol. The van der Waals surface area contributed by atoms with Crippen molar-refractivity contribution in [1.29, 1.82) is 0 Å². The lowest BCUT2D eigenvalue weighted by atomic mass is 9.65. The summed E-state index contributed by atoms with van der Waals surface area (Å²) in [6, 6.07) is 14.1. The van der Waals surface area contributed by atoms with E-state index in [0.29, 0.717) is 0 Å². The fraction of sp³-hybridized carbons (Fsp3) is 0.515. The Kier molecular flexibility index (Phi) is 9.19. The Labute approximate surface area is 204 Å². The van der Waals surface area contributed by atoms with E-state index < -0.39 is 0 Å². The first-order valence-electron chi connectivity index (χ1n) is 13.6. The van der Waals surface area contributed by atoms with Crippen LogP contribution in [0.4, 0.5) is 0 Å². The van der Waals surface area contributed by atoms with Crippen LogP contribution < -0.4 is 0 Å². The molecule has 178 valence electrons. The summed E-state index contributed by atoms with van der Waals surface area (Å²) < 4.78 is 0. The van der Waals surface area contributed by atoms with Crippen molar-refractivity contribution in [2.45, 2.75) is 97.3 Å². The van der Waals surface area contributed by atoms with E-state index in [2.05, 4.69) is 77.3 Å². The fourth-order valence-electron chi connectivity index (χ4n) is 6.18. The summed E-state index contributed by atoms with van der Waals surface area (Å²) in [5.41, 5.74) is 8.59. The molecule has 2 atom stereocenters. The molecule has 0 spiro atoms. The molecule has 33 heavy (non-hydrogen) atoms. The Bertz CT molecular complexity index is 854. The molecule has 0 amide bonds. The van der Waals surface area contributed by atoms with E-state index in [-0.39, 0.29) is 5.41 Å². The lowest BCUT2D eigenvalue weighted by Crippen LogP contribution is -2.31. The van der Waals surface area contributed by atoms with Gasteiger partial charge in [0.1, 0.15) is 0 Å². The van der Waals surface area contributed by atoms with Crippen molar-refractivity contribution in [2.75, 3.05) is 0 Å². The quantitative estimate of drug-likeness (QED) is 0.273. The molecule has 0 heteroatoms. The molecule has 0 aliphatic heterocycles. The molecule has 1 aliphatic carbocycles. The van der Waals surface area contributed by atoms with E-state index in [9.17, 15) is 0 Å². The van der Waals surface area contributed by atoms with Crippen LogP contribution in [0.1, 0.15) is 114 Å². The number of hydrogen-bond donors (Lipinski definition) is 0. The highest BCUT2D eigenvalue weighted by Gasteiger charge is 2.45. The van der Waals surface area contributed by atoms with Crippen LogP contribution in [0.25, 0.3) is 23.3 Å². The van der Waals surface area contributed by atoms with Crippen molar-refractivity contribution in [2.24, 2.45) is 11.8 Å². The van der Waals surface area contributed by atoms with E-state index >= 15 is 0 Å². The van der Waals surface area contributed by atoms with Gasteiger partial charge in [0.15, 0.2) is 0 Å². The van der Waals surface area contributed by atoms with Crippen LogP contribution in [0.5, 0.6) is 0 Å². The molecule has 2 unspecified atom stereocenters. The summed E-state index contributed by atoms with van der Waals surface area (Å²) in [6.07, 6.45) is 17.0. The molecule has 0 saturated heterocycles. The van der Waals surface area contributed by atoms with E-state index in [1.54, 1.807) is 11.1 Å². The minimum Gasteiger partial charge on any atom is -0.0985 e. The Morgan fingerprint density at radius 1 is 0.697 bits per heavy atom. The first-order valence-corrected chi connectivity index (χ1v) is 13.6. The first kappa shape index (κ1) is 25.5. The molecule has 0 aromatic heterocycles. The number of rotatable bonds is 14. The fourth-order valence-corrected chi connectivity index (χ4v) is 6.18. The Hall–Kier alpha value is -2.08. The molecule has 2 aromatic rings. The normalized spacial score (nSPS) is 15.5. The molecule has 0 bridgehead atoms. The third kappa shape index (κ3) is 5.37. The number of fused-ring (bicyclic) bond motifs is 3. The average Bonchev–Trinajstić information content (AvgIpc) is 3.12. The van der Waals surface area contributed by atoms with Crippen molar-refractivity contribution < 1.29 is 0 Å². The molecule has 0 nitrogen and oxygen atoms in total. The van der Waals surface area contributed by atoms with Gasteiger partial charge in [0.25, 0.3) is 0 Å². The minimum absolute atomic E-state index is 0.0888. The second kappa shape index (κ2) is 11.9. The van der Waals surface area contributed by atoms with Crippen LogP contribution in [0, 0.1) is 11.8 Å². The second-order valence-electron chi connectivity index (χ2n) is 10.3. The molecule has 0 heterocycles. The third-order valence-corrected chi connectivity index (χ3v) is 8.24. The molecule has 0 N–H and O–H groups in total. The highest BCUT2D eigenvalue weighted by atomic mass is 14.5. The molecule has 1 aliphatic rings. The zero-order chi connectivity index (χ0) is 23.8. The van der Waals surface area contributed by atoms with Crippen molar-refractivity contribution in [1.82, 2.24) is 0 Å². The van der Waals surface area contributed by atoms with Gasteiger partial charge in [0.05, 0.1) is 0 Å². The predicted octanol–water partition coefficient (Wildman–Crippen LogP) is 10.5. The molecule has 0 fully saturated rings. The SMILES string of the molecule is C=Cc1ccc2c(c1)C(CC(CC)CCCC)(CC(CC)CCCC)c1cc(C=C)ccc1-2. The predicted molar refractivity (Wildman–Crippen MR) is 149 cm³/mol.